The summed E-state index contributed by atoms with van der Waals surface area (Å²) in [6.45, 7) is 2.05. The van der Waals surface area contributed by atoms with Crippen molar-refractivity contribution in [2.45, 2.75) is 12.3 Å². The van der Waals surface area contributed by atoms with Gasteiger partial charge >= 0.3 is 0 Å². The molecule has 0 N–H and O–H groups in total. The van der Waals surface area contributed by atoms with Gasteiger partial charge in [-0.05, 0) is 42.3 Å². The van der Waals surface area contributed by atoms with E-state index in [-0.39, 0.29) is 5.38 Å². The average molecular weight is 405 g/mol. The van der Waals surface area contributed by atoms with Crippen LogP contribution in [0.25, 0.3) is 0 Å². The van der Waals surface area contributed by atoms with Crippen LogP contribution >= 0.6 is 43.5 Å². The van der Waals surface area contributed by atoms with Crippen molar-refractivity contribution in [3.05, 3.63) is 62.0 Å². The van der Waals surface area contributed by atoms with Gasteiger partial charge in [-0.15, -0.1) is 11.6 Å². The molecule has 19 heavy (non-hydrogen) atoms. The van der Waals surface area contributed by atoms with Gasteiger partial charge in [-0.25, -0.2) is 0 Å². The Morgan fingerprint density at radius 2 is 1.84 bits per heavy atom. The first-order valence-electron chi connectivity index (χ1n) is 5.77. The SMILES string of the molecule is COc1ccc(Br)cc1C(Cl)c1cccc(Br)c1C. The summed E-state index contributed by atoms with van der Waals surface area (Å²) in [4.78, 5) is 0. The van der Waals surface area contributed by atoms with Crippen molar-refractivity contribution in [2.75, 3.05) is 7.11 Å². The number of hydrogen-bond acceptors (Lipinski definition) is 1. The molecule has 0 spiro atoms. The number of methoxy groups -OCH3 is 1. The van der Waals surface area contributed by atoms with Gasteiger partial charge in [0.05, 0.1) is 12.5 Å². The van der Waals surface area contributed by atoms with Gasteiger partial charge in [-0.2, -0.15) is 0 Å². The minimum atomic E-state index is -0.245. The quantitative estimate of drug-likeness (QED) is 0.583. The van der Waals surface area contributed by atoms with E-state index in [0.717, 1.165) is 31.4 Å². The number of halogens is 3. The van der Waals surface area contributed by atoms with E-state index < -0.39 is 0 Å². The maximum Gasteiger partial charge on any atom is 0.123 e. The van der Waals surface area contributed by atoms with E-state index >= 15 is 0 Å². The molecule has 2 aromatic carbocycles. The molecule has 1 unspecified atom stereocenters. The molecule has 0 radical (unpaired) electrons. The van der Waals surface area contributed by atoms with E-state index in [4.69, 9.17) is 16.3 Å². The summed E-state index contributed by atoms with van der Waals surface area (Å²) in [5.41, 5.74) is 3.18. The number of hydrogen-bond donors (Lipinski definition) is 0. The van der Waals surface area contributed by atoms with Gasteiger partial charge in [-0.3, -0.25) is 0 Å². The Balaban J connectivity index is 2.52. The second-order valence-corrected chi connectivity index (χ2v) is 6.41. The molecule has 0 aromatic heterocycles. The summed E-state index contributed by atoms with van der Waals surface area (Å²) in [7, 11) is 1.66. The van der Waals surface area contributed by atoms with Crippen molar-refractivity contribution >= 4 is 43.5 Å². The van der Waals surface area contributed by atoms with Gasteiger partial charge in [-0.1, -0.05) is 44.0 Å². The zero-order valence-corrected chi connectivity index (χ0v) is 14.5. The van der Waals surface area contributed by atoms with Gasteiger partial charge in [0.2, 0.25) is 0 Å². The Morgan fingerprint density at radius 3 is 2.53 bits per heavy atom. The smallest absolute Gasteiger partial charge is 0.123 e. The predicted molar refractivity (Wildman–Crippen MR) is 87.3 cm³/mol. The first-order valence-corrected chi connectivity index (χ1v) is 7.79. The van der Waals surface area contributed by atoms with E-state index in [2.05, 4.69) is 38.8 Å². The molecule has 2 aromatic rings. The van der Waals surface area contributed by atoms with Crippen LogP contribution in [0.15, 0.2) is 45.3 Å². The Labute approximate surface area is 135 Å². The van der Waals surface area contributed by atoms with Crippen LogP contribution in [0.5, 0.6) is 5.75 Å². The van der Waals surface area contributed by atoms with E-state index in [9.17, 15) is 0 Å². The van der Waals surface area contributed by atoms with Crippen LogP contribution in [0.2, 0.25) is 0 Å². The van der Waals surface area contributed by atoms with Crippen LogP contribution in [0.4, 0.5) is 0 Å². The van der Waals surface area contributed by atoms with Crippen molar-refractivity contribution in [3.8, 4) is 5.75 Å². The summed E-state index contributed by atoms with van der Waals surface area (Å²) in [5, 5.41) is -0.245. The molecule has 0 saturated carbocycles. The zero-order chi connectivity index (χ0) is 14.0. The van der Waals surface area contributed by atoms with E-state index in [1.807, 2.05) is 36.4 Å². The molecule has 0 bridgehead atoms. The Hall–Kier alpha value is -0.510. The monoisotopic (exact) mass is 402 g/mol. The topological polar surface area (TPSA) is 9.23 Å². The zero-order valence-electron chi connectivity index (χ0n) is 10.6. The number of benzene rings is 2. The molecular weight excluding hydrogens is 391 g/mol. The largest absolute Gasteiger partial charge is 0.496 e. The summed E-state index contributed by atoms with van der Waals surface area (Å²) >= 11 is 13.7. The third-order valence-electron chi connectivity index (χ3n) is 3.05. The summed E-state index contributed by atoms with van der Waals surface area (Å²) in [6.07, 6.45) is 0. The molecule has 4 heteroatoms. The lowest BCUT2D eigenvalue weighted by Gasteiger charge is -2.17. The molecule has 0 fully saturated rings. The Kier molecular flexibility index (Phi) is 4.93. The maximum atomic E-state index is 6.64. The van der Waals surface area contributed by atoms with E-state index in [0.29, 0.717) is 0 Å². The molecule has 0 heterocycles. The molecule has 0 aliphatic carbocycles. The highest BCUT2D eigenvalue weighted by Gasteiger charge is 2.18. The standard InChI is InChI=1S/C15H13Br2ClO/c1-9-11(4-3-5-13(9)17)15(18)12-8-10(16)6-7-14(12)19-2/h3-8,15H,1-2H3. The number of alkyl halides is 1. The Morgan fingerprint density at radius 1 is 1.11 bits per heavy atom. The predicted octanol–water partition coefficient (Wildman–Crippen LogP) is 5.86. The van der Waals surface area contributed by atoms with Crippen molar-refractivity contribution in [1.29, 1.82) is 0 Å². The molecule has 100 valence electrons. The highest BCUT2D eigenvalue weighted by atomic mass is 79.9. The fourth-order valence-electron chi connectivity index (χ4n) is 1.97. The lowest BCUT2D eigenvalue weighted by molar-refractivity contribution is 0.410. The summed E-state index contributed by atoms with van der Waals surface area (Å²) < 4.78 is 7.44. The van der Waals surface area contributed by atoms with Crippen LogP contribution in [0.3, 0.4) is 0 Å². The van der Waals surface area contributed by atoms with Gasteiger partial charge < -0.3 is 4.74 Å². The minimum Gasteiger partial charge on any atom is -0.496 e. The van der Waals surface area contributed by atoms with Gasteiger partial charge in [0.15, 0.2) is 0 Å². The third-order valence-corrected chi connectivity index (χ3v) is 4.87. The maximum absolute atomic E-state index is 6.64. The molecule has 1 nitrogen and oxygen atoms in total. The van der Waals surface area contributed by atoms with E-state index in [1.165, 1.54) is 0 Å². The molecule has 2 rings (SSSR count). The van der Waals surface area contributed by atoms with Crippen LogP contribution in [-0.4, -0.2) is 7.11 Å². The van der Waals surface area contributed by atoms with Crippen LogP contribution in [0.1, 0.15) is 22.1 Å². The van der Waals surface area contributed by atoms with Crippen molar-refractivity contribution < 1.29 is 4.74 Å². The molecule has 0 aliphatic heterocycles. The molecule has 0 saturated heterocycles. The third kappa shape index (κ3) is 3.15. The highest BCUT2D eigenvalue weighted by Crippen LogP contribution is 2.39. The first-order chi connectivity index (χ1) is 9.04. The summed E-state index contributed by atoms with van der Waals surface area (Å²) in [5.74, 6) is 0.794. The first kappa shape index (κ1) is 14.9. The van der Waals surface area contributed by atoms with Crippen molar-refractivity contribution in [1.82, 2.24) is 0 Å². The second-order valence-electron chi connectivity index (χ2n) is 4.20. The highest BCUT2D eigenvalue weighted by molar-refractivity contribution is 9.10. The normalized spacial score (nSPS) is 12.3. The van der Waals surface area contributed by atoms with Gasteiger partial charge in [0.25, 0.3) is 0 Å². The Bertz CT molecular complexity index is 599. The number of rotatable bonds is 3. The minimum absolute atomic E-state index is 0.245. The van der Waals surface area contributed by atoms with Gasteiger partial charge in [0.1, 0.15) is 5.75 Å². The molecule has 0 amide bonds. The van der Waals surface area contributed by atoms with Gasteiger partial charge in [0, 0.05) is 14.5 Å². The average Bonchev–Trinajstić information content (AvgIpc) is 2.41. The summed E-state index contributed by atoms with van der Waals surface area (Å²) in [6, 6.07) is 11.9. The number of ether oxygens (including phenoxy) is 1. The molecular formula is C15H13Br2ClO. The lowest BCUT2D eigenvalue weighted by atomic mass is 9.99. The van der Waals surface area contributed by atoms with Crippen LogP contribution in [-0.2, 0) is 0 Å². The van der Waals surface area contributed by atoms with Crippen LogP contribution in [0, 0.1) is 6.92 Å². The fourth-order valence-corrected chi connectivity index (χ4v) is 3.14. The lowest BCUT2D eigenvalue weighted by Crippen LogP contribution is -2.00. The molecule has 0 aliphatic rings. The van der Waals surface area contributed by atoms with E-state index in [1.54, 1.807) is 7.11 Å². The fraction of sp³-hybridized carbons (Fsp3) is 0.200. The van der Waals surface area contributed by atoms with Crippen LogP contribution < -0.4 is 4.74 Å². The van der Waals surface area contributed by atoms with Crippen molar-refractivity contribution in [2.24, 2.45) is 0 Å². The second kappa shape index (κ2) is 6.29. The van der Waals surface area contributed by atoms with Crippen molar-refractivity contribution in [3.63, 3.8) is 0 Å². The molecule has 1 atom stereocenters.